The van der Waals surface area contributed by atoms with Gasteiger partial charge in [0.1, 0.15) is 0 Å². The summed E-state index contributed by atoms with van der Waals surface area (Å²) in [6, 6.07) is 5.77. The molecular weight excluding hydrogens is 236 g/mol. The summed E-state index contributed by atoms with van der Waals surface area (Å²) in [4.78, 5) is 2.13. The monoisotopic (exact) mass is 254 g/mol. The van der Waals surface area contributed by atoms with Gasteiger partial charge in [-0.1, -0.05) is 6.07 Å². The van der Waals surface area contributed by atoms with Crippen molar-refractivity contribution in [3.05, 3.63) is 23.8 Å². The van der Waals surface area contributed by atoms with Crippen LogP contribution in [0.3, 0.4) is 0 Å². The fraction of sp³-hybridized carbons (Fsp3) is 0.500. The Morgan fingerprint density at radius 1 is 1.41 bits per heavy atom. The van der Waals surface area contributed by atoms with Crippen LogP contribution in [0.15, 0.2) is 18.2 Å². The lowest BCUT2D eigenvalue weighted by molar-refractivity contribution is 0.568. The van der Waals surface area contributed by atoms with Gasteiger partial charge in [0.25, 0.3) is 0 Å². The van der Waals surface area contributed by atoms with E-state index in [0.29, 0.717) is 12.2 Å². The van der Waals surface area contributed by atoms with Crippen molar-refractivity contribution in [2.45, 2.75) is 19.9 Å². The van der Waals surface area contributed by atoms with Crippen LogP contribution in [0.1, 0.15) is 12.5 Å². The van der Waals surface area contributed by atoms with Crippen molar-refractivity contribution in [2.75, 3.05) is 28.7 Å². The minimum atomic E-state index is -2.87. The third-order valence-electron chi connectivity index (χ3n) is 3.21. The first-order valence-corrected chi connectivity index (χ1v) is 7.54. The van der Waals surface area contributed by atoms with Crippen molar-refractivity contribution in [2.24, 2.45) is 0 Å². The Bertz CT molecular complexity index is 525. The van der Waals surface area contributed by atoms with E-state index in [9.17, 15) is 8.42 Å². The molecule has 2 rings (SSSR count). The molecular formula is C12H18N2O2S. The first-order chi connectivity index (χ1) is 7.89. The van der Waals surface area contributed by atoms with Gasteiger partial charge < -0.3 is 10.6 Å². The number of hydrogen-bond acceptors (Lipinski definition) is 4. The highest BCUT2D eigenvalue weighted by Crippen LogP contribution is 2.27. The highest BCUT2D eigenvalue weighted by molar-refractivity contribution is 7.91. The zero-order chi connectivity index (χ0) is 12.6. The molecule has 1 aliphatic rings. The number of sulfone groups is 1. The van der Waals surface area contributed by atoms with E-state index >= 15 is 0 Å². The van der Waals surface area contributed by atoms with Crippen molar-refractivity contribution in [3.8, 4) is 0 Å². The van der Waals surface area contributed by atoms with Gasteiger partial charge in [0, 0.05) is 24.0 Å². The van der Waals surface area contributed by atoms with E-state index in [0.717, 1.165) is 11.3 Å². The molecule has 0 radical (unpaired) electrons. The number of hydrogen-bond donors (Lipinski definition) is 1. The molecule has 1 saturated heterocycles. The van der Waals surface area contributed by atoms with E-state index in [1.165, 1.54) is 0 Å². The quantitative estimate of drug-likeness (QED) is 0.765. The predicted octanol–water partition coefficient (Wildman–Crippen LogP) is 1.20. The fourth-order valence-electron chi connectivity index (χ4n) is 2.29. The number of nitrogen functional groups attached to an aromatic ring is 1. The van der Waals surface area contributed by atoms with E-state index in [4.69, 9.17) is 5.73 Å². The molecule has 1 aromatic rings. The van der Waals surface area contributed by atoms with Gasteiger partial charge in [-0.25, -0.2) is 8.42 Å². The third-order valence-corrected chi connectivity index (χ3v) is 5.01. The SMILES string of the molecule is Cc1ccc(N)cc1N1CCS(=O)(=O)CC1C. The molecule has 2 N–H and O–H groups in total. The van der Waals surface area contributed by atoms with Crippen LogP contribution in [-0.2, 0) is 9.84 Å². The van der Waals surface area contributed by atoms with Crippen LogP contribution >= 0.6 is 0 Å². The van der Waals surface area contributed by atoms with Gasteiger partial charge in [-0.2, -0.15) is 0 Å². The van der Waals surface area contributed by atoms with Crippen molar-refractivity contribution in [1.82, 2.24) is 0 Å². The molecule has 0 amide bonds. The lowest BCUT2D eigenvalue weighted by Crippen LogP contribution is -2.47. The number of rotatable bonds is 1. The summed E-state index contributed by atoms with van der Waals surface area (Å²) in [6.07, 6.45) is 0. The number of benzene rings is 1. The molecule has 4 nitrogen and oxygen atoms in total. The molecule has 17 heavy (non-hydrogen) atoms. The number of aryl methyl sites for hydroxylation is 1. The van der Waals surface area contributed by atoms with Gasteiger partial charge in [-0.3, -0.25) is 0 Å². The van der Waals surface area contributed by atoms with Crippen LogP contribution in [0.5, 0.6) is 0 Å². The fourth-order valence-corrected chi connectivity index (χ4v) is 3.85. The van der Waals surface area contributed by atoms with Crippen molar-refractivity contribution < 1.29 is 8.42 Å². The second-order valence-electron chi connectivity index (χ2n) is 4.70. The lowest BCUT2D eigenvalue weighted by atomic mass is 10.1. The highest BCUT2D eigenvalue weighted by Gasteiger charge is 2.28. The average Bonchev–Trinajstić information content (AvgIpc) is 2.21. The second-order valence-corrected chi connectivity index (χ2v) is 6.93. The summed E-state index contributed by atoms with van der Waals surface area (Å²) < 4.78 is 23.1. The van der Waals surface area contributed by atoms with Gasteiger partial charge in [0.05, 0.1) is 11.5 Å². The molecule has 0 bridgehead atoms. The molecule has 94 valence electrons. The molecule has 0 saturated carbocycles. The Morgan fingerprint density at radius 3 is 2.76 bits per heavy atom. The summed E-state index contributed by atoms with van der Waals surface area (Å²) in [5.41, 5.74) is 8.68. The van der Waals surface area contributed by atoms with Crippen LogP contribution in [0, 0.1) is 6.92 Å². The Balaban J connectivity index is 2.32. The van der Waals surface area contributed by atoms with Gasteiger partial charge in [0.2, 0.25) is 0 Å². The van der Waals surface area contributed by atoms with Crippen LogP contribution in [0.25, 0.3) is 0 Å². The van der Waals surface area contributed by atoms with E-state index in [-0.39, 0.29) is 17.5 Å². The summed E-state index contributed by atoms with van der Waals surface area (Å²) in [5.74, 6) is 0.451. The molecule has 0 spiro atoms. The van der Waals surface area contributed by atoms with Gasteiger partial charge in [0.15, 0.2) is 9.84 Å². The molecule has 1 fully saturated rings. The summed E-state index contributed by atoms with van der Waals surface area (Å²) in [7, 11) is -2.87. The molecule has 0 aromatic heterocycles. The molecule has 5 heteroatoms. The molecule has 1 unspecified atom stereocenters. The van der Waals surface area contributed by atoms with Crippen molar-refractivity contribution in [3.63, 3.8) is 0 Å². The third kappa shape index (κ3) is 2.54. The van der Waals surface area contributed by atoms with Crippen LogP contribution in [0.4, 0.5) is 11.4 Å². The Hall–Kier alpha value is -1.23. The normalized spacial score (nSPS) is 23.6. The minimum Gasteiger partial charge on any atom is -0.399 e. The zero-order valence-electron chi connectivity index (χ0n) is 10.2. The Morgan fingerprint density at radius 2 is 2.12 bits per heavy atom. The highest BCUT2D eigenvalue weighted by atomic mass is 32.2. The average molecular weight is 254 g/mol. The second kappa shape index (κ2) is 4.22. The smallest absolute Gasteiger partial charge is 0.154 e. The Labute approximate surface area is 102 Å². The minimum absolute atomic E-state index is 0.00856. The van der Waals surface area contributed by atoms with Crippen LogP contribution in [0.2, 0.25) is 0 Å². The maximum absolute atomic E-state index is 11.5. The number of nitrogens with two attached hydrogens (primary N) is 1. The lowest BCUT2D eigenvalue weighted by Gasteiger charge is -2.36. The van der Waals surface area contributed by atoms with Crippen LogP contribution < -0.4 is 10.6 Å². The van der Waals surface area contributed by atoms with Crippen LogP contribution in [-0.4, -0.2) is 32.5 Å². The van der Waals surface area contributed by atoms with E-state index < -0.39 is 9.84 Å². The van der Waals surface area contributed by atoms with Gasteiger partial charge in [-0.15, -0.1) is 0 Å². The zero-order valence-corrected chi connectivity index (χ0v) is 11.0. The van der Waals surface area contributed by atoms with E-state index in [1.54, 1.807) is 0 Å². The standard InChI is InChI=1S/C12H18N2O2S/c1-9-3-4-11(13)7-12(9)14-5-6-17(15,16)8-10(14)2/h3-4,7,10H,5-6,8,13H2,1-2H3. The molecule has 0 aliphatic carbocycles. The first-order valence-electron chi connectivity index (χ1n) is 5.72. The summed E-state index contributed by atoms with van der Waals surface area (Å²) in [5, 5.41) is 0. The van der Waals surface area contributed by atoms with Gasteiger partial charge in [-0.05, 0) is 31.5 Å². The van der Waals surface area contributed by atoms with E-state index in [2.05, 4.69) is 4.90 Å². The maximum Gasteiger partial charge on any atom is 0.154 e. The maximum atomic E-state index is 11.5. The molecule has 1 heterocycles. The van der Waals surface area contributed by atoms with Gasteiger partial charge >= 0.3 is 0 Å². The van der Waals surface area contributed by atoms with Crippen molar-refractivity contribution >= 4 is 21.2 Å². The van der Waals surface area contributed by atoms with E-state index in [1.807, 2.05) is 32.0 Å². The topological polar surface area (TPSA) is 63.4 Å². The van der Waals surface area contributed by atoms with Crippen molar-refractivity contribution in [1.29, 1.82) is 0 Å². The molecule has 1 aromatic carbocycles. The molecule has 1 atom stereocenters. The summed E-state index contributed by atoms with van der Waals surface area (Å²) >= 11 is 0. The number of nitrogens with zero attached hydrogens (tertiary/aromatic N) is 1. The number of anilines is 2. The largest absolute Gasteiger partial charge is 0.399 e. The molecule has 1 aliphatic heterocycles. The first kappa shape index (κ1) is 12.2. The predicted molar refractivity (Wildman–Crippen MR) is 71.1 cm³/mol. The Kier molecular flexibility index (Phi) is 3.03. The summed E-state index contributed by atoms with van der Waals surface area (Å²) in [6.45, 7) is 4.51.